The van der Waals surface area contributed by atoms with Crippen LogP contribution in [-0.2, 0) is 6.42 Å². The molecule has 0 aromatic heterocycles. The van der Waals surface area contributed by atoms with Crippen molar-refractivity contribution in [3.63, 3.8) is 0 Å². The van der Waals surface area contributed by atoms with Crippen LogP contribution in [-0.4, -0.2) is 11.8 Å². The summed E-state index contributed by atoms with van der Waals surface area (Å²) in [6, 6.07) is 9.62. The fraction of sp³-hybridized carbons (Fsp3) is 0.125. The molecule has 0 spiro atoms. The van der Waals surface area contributed by atoms with Crippen LogP contribution in [0.25, 0.3) is 0 Å². The minimum Gasteiger partial charge on any atom is -0.267 e. The SMILES string of the molecule is CCc1ccc(C(=O)NNC(=O)c2ccc(F)c(F)c2)cc1. The standard InChI is InChI=1S/C16H14F2N2O2/c1-2-10-3-5-11(6-4-10)15(21)19-20-16(22)12-7-8-13(17)14(18)9-12/h3-9H,2H2,1H3,(H,19,21)(H,20,22). The summed E-state index contributed by atoms with van der Waals surface area (Å²) in [5, 5.41) is 0. The van der Waals surface area contributed by atoms with Gasteiger partial charge in [0.05, 0.1) is 0 Å². The number of benzene rings is 2. The van der Waals surface area contributed by atoms with E-state index in [1.165, 1.54) is 0 Å². The highest BCUT2D eigenvalue weighted by Crippen LogP contribution is 2.08. The molecule has 0 bridgehead atoms. The van der Waals surface area contributed by atoms with Crippen LogP contribution in [0.2, 0.25) is 0 Å². The molecule has 2 N–H and O–H groups in total. The Morgan fingerprint density at radius 1 is 0.864 bits per heavy atom. The van der Waals surface area contributed by atoms with E-state index in [0.29, 0.717) is 5.56 Å². The van der Waals surface area contributed by atoms with Crippen LogP contribution >= 0.6 is 0 Å². The minimum atomic E-state index is -1.13. The van der Waals surface area contributed by atoms with Gasteiger partial charge in [-0.25, -0.2) is 8.78 Å². The molecule has 6 heteroatoms. The normalized spacial score (nSPS) is 10.1. The number of hydrogen-bond acceptors (Lipinski definition) is 2. The number of rotatable bonds is 3. The van der Waals surface area contributed by atoms with Gasteiger partial charge in [0.1, 0.15) is 0 Å². The summed E-state index contributed by atoms with van der Waals surface area (Å²) in [7, 11) is 0. The average Bonchev–Trinajstić information content (AvgIpc) is 2.54. The monoisotopic (exact) mass is 304 g/mol. The highest BCUT2D eigenvalue weighted by molar-refractivity contribution is 5.99. The van der Waals surface area contributed by atoms with Gasteiger partial charge in [-0.1, -0.05) is 19.1 Å². The van der Waals surface area contributed by atoms with Gasteiger partial charge < -0.3 is 0 Å². The van der Waals surface area contributed by atoms with Gasteiger partial charge in [-0.2, -0.15) is 0 Å². The molecule has 0 saturated carbocycles. The van der Waals surface area contributed by atoms with Gasteiger partial charge in [-0.15, -0.1) is 0 Å². The summed E-state index contributed by atoms with van der Waals surface area (Å²) >= 11 is 0. The van der Waals surface area contributed by atoms with Crippen molar-refractivity contribution in [1.29, 1.82) is 0 Å². The van der Waals surface area contributed by atoms with Crippen LogP contribution in [0.15, 0.2) is 42.5 Å². The molecule has 22 heavy (non-hydrogen) atoms. The smallest absolute Gasteiger partial charge is 0.267 e. The van der Waals surface area contributed by atoms with E-state index in [0.717, 1.165) is 30.2 Å². The number of carbonyl (C=O) groups excluding carboxylic acids is 2. The van der Waals surface area contributed by atoms with Gasteiger partial charge in [-0.05, 0) is 42.3 Å². The van der Waals surface area contributed by atoms with Crippen molar-refractivity contribution in [3.05, 3.63) is 70.8 Å². The van der Waals surface area contributed by atoms with E-state index in [4.69, 9.17) is 0 Å². The van der Waals surface area contributed by atoms with Crippen LogP contribution in [0.3, 0.4) is 0 Å². The molecule has 114 valence electrons. The van der Waals surface area contributed by atoms with E-state index in [1.807, 2.05) is 19.1 Å². The third-order valence-corrected chi connectivity index (χ3v) is 3.10. The van der Waals surface area contributed by atoms with Gasteiger partial charge in [0.15, 0.2) is 11.6 Å². The van der Waals surface area contributed by atoms with Crippen LogP contribution in [0.1, 0.15) is 33.2 Å². The van der Waals surface area contributed by atoms with E-state index in [-0.39, 0.29) is 5.56 Å². The highest BCUT2D eigenvalue weighted by atomic mass is 19.2. The number of hydrogen-bond donors (Lipinski definition) is 2. The second-order valence-corrected chi connectivity index (χ2v) is 4.59. The Hall–Kier alpha value is -2.76. The predicted molar refractivity (Wildman–Crippen MR) is 77.1 cm³/mol. The first-order valence-electron chi connectivity index (χ1n) is 6.66. The Morgan fingerprint density at radius 2 is 1.41 bits per heavy atom. The van der Waals surface area contributed by atoms with Crippen LogP contribution in [0.4, 0.5) is 8.78 Å². The number of hydrazine groups is 1. The number of carbonyl (C=O) groups is 2. The zero-order chi connectivity index (χ0) is 16.1. The third-order valence-electron chi connectivity index (χ3n) is 3.10. The van der Waals surface area contributed by atoms with E-state index < -0.39 is 23.4 Å². The molecule has 2 aromatic carbocycles. The van der Waals surface area contributed by atoms with Crippen LogP contribution in [0, 0.1) is 11.6 Å². The summed E-state index contributed by atoms with van der Waals surface area (Å²) in [6.45, 7) is 2.00. The fourth-order valence-electron chi connectivity index (χ4n) is 1.79. The Bertz CT molecular complexity index is 700. The highest BCUT2D eigenvalue weighted by Gasteiger charge is 2.11. The van der Waals surface area contributed by atoms with Gasteiger partial charge >= 0.3 is 0 Å². The lowest BCUT2D eigenvalue weighted by Crippen LogP contribution is -2.41. The molecule has 0 aliphatic carbocycles. The first-order chi connectivity index (χ1) is 10.5. The average molecular weight is 304 g/mol. The van der Waals surface area contributed by atoms with Crippen molar-refractivity contribution >= 4 is 11.8 Å². The first kappa shape index (κ1) is 15.6. The van der Waals surface area contributed by atoms with Gasteiger partial charge in [-0.3, -0.25) is 20.4 Å². The van der Waals surface area contributed by atoms with Crippen molar-refractivity contribution in [1.82, 2.24) is 10.9 Å². The first-order valence-corrected chi connectivity index (χ1v) is 6.66. The zero-order valence-electron chi connectivity index (χ0n) is 11.8. The molecule has 0 aliphatic rings. The molecule has 4 nitrogen and oxygen atoms in total. The van der Waals surface area contributed by atoms with Gasteiger partial charge in [0.2, 0.25) is 0 Å². The maximum atomic E-state index is 13.0. The number of aryl methyl sites for hydroxylation is 1. The van der Waals surface area contributed by atoms with Crippen molar-refractivity contribution in [3.8, 4) is 0 Å². The molecular weight excluding hydrogens is 290 g/mol. The second kappa shape index (κ2) is 6.80. The summed E-state index contributed by atoms with van der Waals surface area (Å²) in [5.41, 5.74) is 5.73. The van der Waals surface area contributed by atoms with Crippen molar-refractivity contribution in [2.75, 3.05) is 0 Å². The van der Waals surface area contributed by atoms with Crippen LogP contribution in [0.5, 0.6) is 0 Å². The van der Waals surface area contributed by atoms with Crippen molar-refractivity contribution in [2.24, 2.45) is 0 Å². The quantitative estimate of drug-likeness (QED) is 0.856. The Balaban J connectivity index is 1.97. The summed E-state index contributed by atoms with van der Waals surface area (Å²) in [5.74, 6) is -3.42. The molecule has 0 unspecified atom stereocenters. The molecule has 0 fully saturated rings. The molecule has 2 rings (SSSR count). The summed E-state index contributed by atoms with van der Waals surface area (Å²) in [4.78, 5) is 23.6. The Labute approximate surface area is 126 Å². The molecule has 0 radical (unpaired) electrons. The zero-order valence-corrected chi connectivity index (χ0v) is 11.8. The minimum absolute atomic E-state index is 0.0967. The Morgan fingerprint density at radius 3 is 1.95 bits per heavy atom. The predicted octanol–water partition coefficient (Wildman–Crippen LogP) is 2.60. The molecule has 2 aromatic rings. The maximum Gasteiger partial charge on any atom is 0.269 e. The fourth-order valence-corrected chi connectivity index (χ4v) is 1.79. The number of amides is 2. The van der Waals surface area contributed by atoms with Crippen LogP contribution < -0.4 is 10.9 Å². The van der Waals surface area contributed by atoms with E-state index in [1.54, 1.807) is 12.1 Å². The van der Waals surface area contributed by atoms with Crippen molar-refractivity contribution < 1.29 is 18.4 Å². The molecule has 0 saturated heterocycles. The lowest BCUT2D eigenvalue weighted by molar-refractivity contribution is 0.0846. The summed E-state index contributed by atoms with van der Waals surface area (Å²) < 4.78 is 25.8. The number of nitrogens with one attached hydrogen (secondary N) is 2. The third kappa shape index (κ3) is 3.66. The lowest BCUT2D eigenvalue weighted by atomic mass is 10.1. The number of halogens is 2. The van der Waals surface area contributed by atoms with Gasteiger partial charge in [0.25, 0.3) is 11.8 Å². The second-order valence-electron chi connectivity index (χ2n) is 4.59. The van der Waals surface area contributed by atoms with E-state index >= 15 is 0 Å². The molecule has 2 amide bonds. The molecule has 0 atom stereocenters. The van der Waals surface area contributed by atoms with E-state index in [9.17, 15) is 18.4 Å². The lowest BCUT2D eigenvalue weighted by Gasteiger charge is -2.08. The molecule has 0 aliphatic heterocycles. The topological polar surface area (TPSA) is 58.2 Å². The van der Waals surface area contributed by atoms with Gasteiger partial charge in [0, 0.05) is 11.1 Å². The summed E-state index contributed by atoms with van der Waals surface area (Å²) in [6.07, 6.45) is 0.856. The molecule has 0 heterocycles. The largest absolute Gasteiger partial charge is 0.269 e. The molecular formula is C16H14F2N2O2. The van der Waals surface area contributed by atoms with E-state index in [2.05, 4.69) is 10.9 Å². The van der Waals surface area contributed by atoms with Crippen molar-refractivity contribution in [2.45, 2.75) is 13.3 Å². The Kier molecular flexibility index (Phi) is 4.83. The maximum absolute atomic E-state index is 13.0.